The molecule has 0 aliphatic rings. The first-order chi connectivity index (χ1) is 8.69. The lowest BCUT2D eigenvalue weighted by Crippen LogP contribution is -2.38. The number of hydrogen-bond acceptors (Lipinski definition) is 3. The Morgan fingerprint density at radius 3 is 2.67 bits per heavy atom. The second-order valence-electron chi connectivity index (χ2n) is 4.04. The molecule has 1 amide bonds. The van der Waals surface area contributed by atoms with E-state index >= 15 is 0 Å². The number of nitriles is 1. The van der Waals surface area contributed by atoms with E-state index in [2.05, 4.69) is 6.07 Å². The first kappa shape index (κ1) is 14.0. The SMILES string of the molecule is CCN(C(=O)OCc1ccccc1)[C@H](C)CC#N. The molecule has 0 fully saturated rings. The van der Waals surface area contributed by atoms with Crippen molar-refractivity contribution in [1.29, 1.82) is 5.26 Å². The molecule has 18 heavy (non-hydrogen) atoms. The Morgan fingerprint density at radius 2 is 2.11 bits per heavy atom. The van der Waals surface area contributed by atoms with E-state index in [9.17, 15) is 4.79 Å². The number of hydrogen-bond donors (Lipinski definition) is 0. The quantitative estimate of drug-likeness (QED) is 0.802. The van der Waals surface area contributed by atoms with Gasteiger partial charge < -0.3 is 9.64 Å². The van der Waals surface area contributed by atoms with Gasteiger partial charge in [-0.15, -0.1) is 0 Å². The predicted molar refractivity (Wildman–Crippen MR) is 68.7 cm³/mol. The first-order valence-corrected chi connectivity index (χ1v) is 6.03. The molecule has 1 atom stereocenters. The Kier molecular flexibility index (Phi) is 5.72. The lowest BCUT2D eigenvalue weighted by Gasteiger charge is -2.25. The molecule has 1 aromatic carbocycles. The summed E-state index contributed by atoms with van der Waals surface area (Å²) in [6, 6.07) is 11.5. The van der Waals surface area contributed by atoms with Crippen molar-refractivity contribution < 1.29 is 9.53 Å². The number of nitrogens with zero attached hydrogens (tertiary/aromatic N) is 2. The smallest absolute Gasteiger partial charge is 0.410 e. The molecule has 0 aliphatic heterocycles. The minimum Gasteiger partial charge on any atom is -0.445 e. The highest BCUT2D eigenvalue weighted by Gasteiger charge is 2.19. The van der Waals surface area contributed by atoms with Crippen molar-refractivity contribution in [1.82, 2.24) is 4.90 Å². The summed E-state index contributed by atoms with van der Waals surface area (Å²) in [4.78, 5) is 13.4. The van der Waals surface area contributed by atoms with Gasteiger partial charge in [0.1, 0.15) is 6.61 Å². The normalized spacial score (nSPS) is 11.4. The van der Waals surface area contributed by atoms with E-state index in [0.29, 0.717) is 13.0 Å². The van der Waals surface area contributed by atoms with Crippen LogP contribution in [0.15, 0.2) is 30.3 Å². The van der Waals surface area contributed by atoms with E-state index < -0.39 is 0 Å². The lowest BCUT2D eigenvalue weighted by atomic mass is 10.2. The molecule has 4 nitrogen and oxygen atoms in total. The van der Waals surface area contributed by atoms with Crippen LogP contribution in [0, 0.1) is 11.3 Å². The minimum atomic E-state index is -0.371. The van der Waals surface area contributed by atoms with Crippen LogP contribution in [-0.4, -0.2) is 23.6 Å². The Bertz CT molecular complexity index is 412. The Hall–Kier alpha value is -2.02. The highest BCUT2D eigenvalue weighted by Crippen LogP contribution is 2.08. The van der Waals surface area contributed by atoms with Crippen molar-refractivity contribution in [3.05, 3.63) is 35.9 Å². The first-order valence-electron chi connectivity index (χ1n) is 6.03. The minimum absolute atomic E-state index is 0.122. The molecule has 1 rings (SSSR count). The fourth-order valence-corrected chi connectivity index (χ4v) is 1.67. The van der Waals surface area contributed by atoms with Gasteiger partial charge in [-0.3, -0.25) is 0 Å². The summed E-state index contributed by atoms with van der Waals surface area (Å²) in [6.07, 6.45) is -0.0574. The maximum Gasteiger partial charge on any atom is 0.410 e. The molecule has 0 aromatic heterocycles. The molecule has 0 spiro atoms. The van der Waals surface area contributed by atoms with Gasteiger partial charge >= 0.3 is 6.09 Å². The number of ether oxygens (including phenoxy) is 1. The van der Waals surface area contributed by atoms with Gasteiger partial charge in [0.15, 0.2) is 0 Å². The van der Waals surface area contributed by atoms with Crippen LogP contribution < -0.4 is 0 Å². The second-order valence-corrected chi connectivity index (χ2v) is 4.04. The fourth-order valence-electron chi connectivity index (χ4n) is 1.67. The van der Waals surface area contributed by atoms with Gasteiger partial charge in [0.2, 0.25) is 0 Å². The van der Waals surface area contributed by atoms with Gasteiger partial charge in [0, 0.05) is 12.6 Å². The molecule has 0 saturated heterocycles. The molecule has 0 aliphatic carbocycles. The van der Waals surface area contributed by atoms with Crippen molar-refractivity contribution >= 4 is 6.09 Å². The lowest BCUT2D eigenvalue weighted by molar-refractivity contribution is 0.0860. The van der Waals surface area contributed by atoms with E-state index in [0.717, 1.165) is 5.56 Å². The number of amides is 1. The molecule has 0 heterocycles. The predicted octanol–water partition coefficient (Wildman–Crippen LogP) is 2.95. The number of benzene rings is 1. The van der Waals surface area contributed by atoms with Crippen LogP contribution in [0.25, 0.3) is 0 Å². The molecule has 1 aromatic rings. The topological polar surface area (TPSA) is 53.3 Å². The molecule has 0 N–H and O–H groups in total. The van der Waals surface area contributed by atoms with Crippen LogP contribution in [0.3, 0.4) is 0 Å². The van der Waals surface area contributed by atoms with Crippen LogP contribution >= 0.6 is 0 Å². The number of carbonyl (C=O) groups is 1. The third-order valence-corrected chi connectivity index (χ3v) is 2.70. The summed E-state index contributed by atoms with van der Waals surface area (Å²) in [5, 5.41) is 8.64. The zero-order chi connectivity index (χ0) is 13.4. The maximum atomic E-state index is 11.9. The average Bonchev–Trinajstić information content (AvgIpc) is 2.39. The third-order valence-electron chi connectivity index (χ3n) is 2.70. The summed E-state index contributed by atoms with van der Waals surface area (Å²) < 4.78 is 5.23. The molecular formula is C14H18N2O2. The maximum absolute atomic E-state index is 11.9. The summed E-state index contributed by atoms with van der Waals surface area (Å²) in [5.41, 5.74) is 0.954. The van der Waals surface area contributed by atoms with Gasteiger partial charge in [-0.1, -0.05) is 30.3 Å². The second kappa shape index (κ2) is 7.33. The van der Waals surface area contributed by atoms with Gasteiger partial charge in [0.25, 0.3) is 0 Å². The summed E-state index contributed by atoms with van der Waals surface area (Å²) in [6.45, 7) is 4.51. The van der Waals surface area contributed by atoms with Crippen LogP contribution in [0.5, 0.6) is 0 Å². The molecule has 0 saturated carbocycles. The monoisotopic (exact) mass is 246 g/mol. The summed E-state index contributed by atoms with van der Waals surface area (Å²) >= 11 is 0. The average molecular weight is 246 g/mol. The standard InChI is InChI=1S/C14H18N2O2/c1-3-16(12(2)9-10-15)14(17)18-11-13-7-5-4-6-8-13/h4-8,12H,3,9,11H2,1-2H3/t12-/m1/s1. The van der Waals surface area contributed by atoms with Crippen molar-refractivity contribution in [3.63, 3.8) is 0 Å². The van der Waals surface area contributed by atoms with E-state index in [1.165, 1.54) is 0 Å². The number of rotatable bonds is 5. The van der Waals surface area contributed by atoms with Gasteiger partial charge in [-0.2, -0.15) is 5.26 Å². The van der Waals surface area contributed by atoms with Gasteiger partial charge in [0.05, 0.1) is 12.5 Å². The number of carbonyl (C=O) groups excluding carboxylic acids is 1. The molecular weight excluding hydrogens is 228 g/mol. The van der Waals surface area contributed by atoms with Crippen molar-refractivity contribution in [2.24, 2.45) is 0 Å². The highest BCUT2D eigenvalue weighted by atomic mass is 16.6. The van der Waals surface area contributed by atoms with Crippen molar-refractivity contribution in [2.45, 2.75) is 32.9 Å². The summed E-state index contributed by atoms with van der Waals surface area (Å²) in [5.74, 6) is 0. The van der Waals surface area contributed by atoms with Crippen LogP contribution in [0.2, 0.25) is 0 Å². The van der Waals surface area contributed by atoms with E-state index in [1.807, 2.05) is 44.2 Å². The van der Waals surface area contributed by atoms with Crippen LogP contribution in [-0.2, 0) is 11.3 Å². The molecule has 0 bridgehead atoms. The fraction of sp³-hybridized carbons (Fsp3) is 0.429. The largest absolute Gasteiger partial charge is 0.445 e. The molecule has 4 heteroatoms. The Morgan fingerprint density at radius 1 is 1.44 bits per heavy atom. The highest BCUT2D eigenvalue weighted by molar-refractivity contribution is 5.68. The third kappa shape index (κ3) is 4.10. The van der Waals surface area contributed by atoms with E-state index in [4.69, 9.17) is 10.00 Å². The van der Waals surface area contributed by atoms with Crippen LogP contribution in [0.1, 0.15) is 25.8 Å². The molecule has 0 unspecified atom stereocenters. The van der Waals surface area contributed by atoms with Gasteiger partial charge in [-0.25, -0.2) is 4.79 Å². The molecule has 0 radical (unpaired) electrons. The van der Waals surface area contributed by atoms with Gasteiger partial charge in [-0.05, 0) is 19.4 Å². The Labute approximate surface area is 108 Å². The zero-order valence-electron chi connectivity index (χ0n) is 10.8. The van der Waals surface area contributed by atoms with Crippen molar-refractivity contribution in [2.75, 3.05) is 6.54 Å². The van der Waals surface area contributed by atoms with E-state index in [-0.39, 0.29) is 18.7 Å². The van der Waals surface area contributed by atoms with Crippen molar-refractivity contribution in [3.8, 4) is 6.07 Å². The summed E-state index contributed by atoms with van der Waals surface area (Å²) in [7, 11) is 0. The van der Waals surface area contributed by atoms with E-state index in [1.54, 1.807) is 4.90 Å². The zero-order valence-corrected chi connectivity index (χ0v) is 10.8. The molecule has 96 valence electrons. The Balaban J connectivity index is 2.51. The van der Waals surface area contributed by atoms with Crippen LogP contribution in [0.4, 0.5) is 4.79 Å².